The van der Waals surface area contributed by atoms with Crippen molar-refractivity contribution in [2.24, 2.45) is 11.8 Å². The van der Waals surface area contributed by atoms with Crippen LogP contribution in [0.25, 0.3) is 11.0 Å². The molecule has 2 aromatic carbocycles. The highest BCUT2D eigenvalue weighted by Gasteiger charge is 2.55. The third kappa shape index (κ3) is 3.40. The van der Waals surface area contributed by atoms with Gasteiger partial charge in [-0.15, -0.1) is 0 Å². The van der Waals surface area contributed by atoms with Gasteiger partial charge in [0, 0.05) is 37.4 Å². The molecule has 1 N–H and O–H groups in total. The zero-order valence-electron chi connectivity index (χ0n) is 17.9. The number of fused-ring (bicyclic) bond motifs is 3. The van der Waals surface area contributed by atoms with E-state index in [1.54, 1.807) is 19.2 Å². The summed E-state index contributed by atoms with van der Waals surface area (Å²) in [6, 6.07) is 17.5. The molecule has 2 heterocycles. The number of ether oxygens (including phenoxy) is 1. The summed E-state index contributed by atoms with van der Waals surface area (Å²) >= 11 is 0. The zero-order chi connectivity index (χ0) is 21.6. The summed E-state index contributed by atoms with van der Waals surface area (Å²) in [5.41, 5.74) is 1.43. The molecule has 1 aromatic heterocycles. The van der Waals surface area contributed by atoms with E-state index in [1.807, 2.05) is 30.3 Å². The minimum atomic E-state index is -3.50. The molecule has 1 aliphatic heterocycles. The standard InChI is InChI=1S/C24H28N2O4S/c1-25-31(27,28)22-8-5-7-18(13-22)24(29-2)19-10-11-20(24)15-26(14-19)16-21-12-17-6-3-4-9-23(17)30-21/h3-9,12-13,19-20,25H,10-11,14-16H2,1-2H3. The fraction of sp³-hybridized carbons (Fsp3) is 0.417. The number of nitrogens with one attached hydrogen (secondary N) is 1. The molecular formula is C24H28N2O4S. The summed E-state index contributed by atoms with van der Waals surface area (Å²) in [6.07, 6.45) is 2.14. The van der Waals surface area contributed by atoms with Gasteiger partial charge in [-0.1, -0.05) is 30.3 Å². The maximum atomic E-state index is 12.4. The van der Waals surface area contributed by atoms with Gasteiger partial charge in [0.2, 0.25) is 10.0 Å². The van der Waals surface area contributed by atoms with E-state index in [9.17, 15) is 8.42 Å². The number of hydrogen-bond acceptors (Lipinski definition) is 5. The quantitative estimate of drug-likeness (QED) is 0.633. The average molecular weight is 441 g/mol. The molecule has 2 unspecified atom stereocenters. The van der Waals surface area contributed by atoms with Gasteiger partial charge < -0.3 is 9.15 Å². The molecule has 5 rings (SSSR count). The first-order valence-electron chi connectivity index (χ1n) is 10.8. The van der Waals surface area contributed by atoms with Crippen LogP contribution in [0.3, 0.4) is 0 Å². The van der Waals surface area contributed by atoms with E-state index in [0.717, 1.165) is 54.8 Å². The summed E-state index contributed by atoms with van der Waals surface area (Å²) in [5, 5.41) is 1.13. The molecule has 6 nitrogen and oxygen atoms in total. The van der Waals surface area contributed by atoms with Crippen molar-refractivity contribution in [1.29, 1.82) is 0 Å². The Kier molecular flexibility index (Phi) is 5.17. The van der Waals surface area contributed by atoms with Crippen LogP contribution in [0, 0.1) is 11.8 Å². The molecular weight excluding hydrogens is 412 g/mol. The lowest BCUT2D eigenvalue weighted by molar-refractivity contribution is -0.120. The molecule has 1 saturated carbocycles. The second-order valence-electron chi connectivity index (χ2n) is 8.65. The fourth-order valence-electron chi connectivity index (χ4n) is 5.73. The van der Waals surface area contributed by atoms with Gasteiger partial charge in [-0.2, -0.15) is 0 Å². The minimum Gasteiger partial charge on any atom is -0.460 e. The van der Waals surface area contributed by atoms with Crippen molar-refractivity contribution in [3.8, 4) is 0 Å². The highest BCUT2D eigenvalue weighted by Crippen LogP contribution is 2.54. The predicted octanol–water partition coefficient (Wildman–Crippen LogP) is 3.72. The molecule has 3 aromatic rings. The van der Waals surface area contributed by atoms with Crippen molar-refractivity contribution in [2.75, 3.05) is 27.2 Å². The first kappa shape index (κ1) is 20.7. The molecule has 2 bridgehead atoms. The number of sulfonamides is 1. The smallest absolute Gasteiger partial charge is 0.240 e. The van der Waals surface area contributed by atoms with Crippen LogP contribution in [0.4, 0.5) is 0 Å². The molecule has 1 saturated heterocycles. The van der Waals surface area contributed by atoms with Gasteiger partial charge in [-0.25, -0.2) is 13.1 Å². The second kappa shape index (κ2) is 7.74. The lowest BCUT2D eigenvalue weighted by atomic mass is 9.75. The van der Waals surface area contributed by atoms with Crippen molar-refractivity contribution in [3.63, 3.8) is 0 Å². The van der Waals surface area contributed by atoms with E-state index < -0.39 is 15.6 Å². The van der Waals surface area contributed by atoms with Crippen LogP contribution in [0.1, 0.15) is 24.2 Å². The molecule has 0 amide bonds. The molecule has 31 heavy (non-hydrogen) atoms. The highest BCUT2D eigenvalue weighted by molar-refractivity contribution is 7.89. The van der Waals surface area contributed by atoms with E-state index in [1.165, 1.54) is 7.05 Å². The van der Waals surface area contributed by atoms with Crippen LogP contribution < -0.4 is 4.72 Å². The van der Waals surface area contributed by atoms with E-state index in [0.29, 0.717) is 11.8 Å². The Labute approximate surface area is 183 Å². The fourth-order valence-corrected chi connectivity index (χ4v) is 6.50. The highest BCUT2D eigenvalue weighted by atomic mass is 32.2. The second-order valence-corrected chi connectivity index (χ2v) is 10.5. The maximum absolute atomic E-state index is 12.4. The lowest BCUT2D eigenvalue weighted by Crippen LogP contribution is -2.52. The summed E-state index contributed by atoms with van der Waals surface area (Å²) in [7, 11) is -0.299. The molecule has 0 radical (unpaired) electrons. The predicted molar refractivity (Wildman–Crippen MR) is 119 cm³/mol. The lowest BCUT2D eigenvalue weighted by Gasteiger charge is -2.47. The van der Waals surface area contributed by atoms with Gasteiger partial charge in [-0.3, -0.25) is 4.90 Å². The molecule has 1 aliphatic carbocycles. The molecule has 164 valence electrons. The zero-order valence-corrected chi connectivity index (χ0v) is 18.7. The molecule has 2 atom stereocenters. The van der Waals surface area contributed by atoms with Gasteiger partial charge in [-0.05, 0) is 49.7 Å². The van der Waals surface area contributed by atoms with Gasteiger partial charge in [0.25, 0.3) is 0 Å². The van der Waals surface area contributed by atoms with Crippen LogP contribution in [-0.2, 0) is 26.9 Å². The number of likely N-dealkylation sites (tertiary alicyclic amines) is 1. The van der Waals surface area contributed by atoms with E-state index in [4.69, 9.17) is 9.15 Å². The van der Waals surface area contributed by atoms with Crippen molar-refractivity contribution < 1.29 is 17.6 Å². The van der Waals surface area contributed by atoms with E-state index in [2.05, 4.69) is 21.8 Å². The summed E-state index contributed by atoms with van der Waals surface area (Å²) in [6.45, 7) is 2.56. The number of para-hydroxylation sites is 1. The maximum Gasteiger partial charge on any atom is 0.240 e. The Morgan fingerprint density at radius 1 is 1.10 bits per heavy atom. The van der Waals surface area contributed by atoms with Gasteiger partial charge in [0.15, 0.2) is 0 Å². The Morgan fingerprint density at radius 2 is 1.84 bits per heavy atom. The van der Waals surface area contributed by atoms with Gasteiger partial charge >= 0.3 is 0 Å². The largest absolute Gasteiger partial charge is 0.460 e. The molecule has 2 fully saturated rings. The number of benzene rings is 2. The van der Waals surface area contributed by atoms with Gasteiger partial charge in [0.1, 0.15) is 16.9 Å². The third-order valence-electron chi connectivity index (χ3n) is 7.09. The number of furan rings is 1. The van der Waals surface area contributed by atoms with E-state index >= 15 is 0 Å². The van der Waals surface area contributed by atoms with E-state index in [-0.39, 0.29) is 4.90 Å². The molecule has 2 aliphatic rings. The van der Waals surface area contributed by atoms with Crippen LogP contribution in [0.15, 0.2) is 63.9 Å². The number of rotatable bonds is 6. The van der Waals surface area contributed by atoms with Crippen molar-refractivity contribution >= 4 is 21.0 Å². The van der Waals surface area contributed by atoms with Crippen molar-refractivity contribution in [2.45, 2.75) is 29.9 Å². The third-order valence-corrected chi connectivity index (χ3v) is 8.50. The van der Waals surface area contributed by atoms with Crippen LogP contribution in [0.5, 0.6) is 0 Å². The summed E-state index contributed by atoms with van der Waals surface area (Å²) in [4.78, 5) is 2.74. The van der Waals surface area contributed by atoms with Crippen LogP contribution >= 0.6 is 0 Å². The van der Waals surface area contributed by atoms with Crippen LogP contribution in [-0.4, -0.2) is 40.6 Å². The Balaban J connectivity index is 1.42. The number of piperidine rings is 1. The summed E-state index contributed by atoms with van der Waals surface area (Å²) in [5.74, 6) is 1.58. The molecule has 0 spiro atoms. The summed E-state index contributed by atoms with van der Waals surface area (Å²) < 4.78 is 39.4. The first-order valence-corrected chi connectivity index (χ1v) is 12.2. The topological polar surface area (TPSA) is 71.8 Å². The normalized spacial score (nSPS) is 26.5. The Bertz CT molecular complexity index is 1160. The molecule has 7 heteroatoms. The number of methoxy groups -OCH3 is 1. The van der Waals surface area contributed by atoms with Gasteiger partial charge in [0.05, 0.1) is 11.4 Å². The van der Waals surface area contributed by atoms with Crippen molar-refractivity contribution in [3.05, 3.63) is 65.9 Å². The minimum absolute atomic E-state index is 0.285. The average Bonchev–Trinajstić information content (AvgIpc) is 3.27. The Morgan fingerprint density at radius 3 is 2.52 bits per heavy atom. The van der Waals surface area contributed by atoms with Crippen LogP contribution in [0.2, 0.25) is 0 Å². The SMILES string of the molecule is CNS(=O)(=O)c1cccc(C2(OC)C3CCC2CN(Cc2cc4ccccc4o2)C3)c1. The number of hydrogen-bond donors (Lipinski definition) is 1. The monoisotopic (exact) mass is 440 g/mol. The Hall–Kier alpha value is -2.19. The van der Waals surface area contributed by atoms with Crippen molar-refractivity contribution in [1.82, 2.24) is 9.62 Å². The number of nitrogens with zero attached hydrogens (tertiary/aromatic N) is 1. The first-order chi connectivity index (χ1) is 15.0.